The zero-order valence-electron chi connectivity index (χ0n) is 9.42. The van der Waals surface area contributed by atoms with Crippen molar-refractivity contribution < 1.29 is 4.92 Å². The number of hydrogen-bond acceptors (Lipinski definition) is 2. The molecule has 2 aromatic carbocycles. The summed E-state index contributed by atoms with van der Waals surface area (Å²) in [6, 6.07) is 14.6. The van der Waals surface area contributed by atoms with E-state index in [2.05, 4.69) is 22.6 Å². The lowest BCUT2D eigenvalue weighted by Crippen LogP contribution is -1.86. The Labute approximate surface area is 118 Å². The topological polar surface area (TPSA) is 43.1 Å². The fourth-order valence-electron chi connectivity index (χ4n) is 1.47. The van der Waals surface area contributed by atoms with E-state index in [-0.39, 0.29) is 5.69 Å². The van der Waals surface area contributed by atoms with E-state index in [4.69, 9.17) is 0 Å². The quantitative estimate of drug-likeness (QED) is 0.357. The van der Waals surface area contributed by atoms with Crippen LogP contribution in [-0.2, 0) is 0 Å². The van der Waals surface area contributed by atoms with Gasteiger partial charge in [0.05, 0.1) is 4.92 Å². The summed E-state index contributed by atoms with van der Waals surface area (Å²) in [6.07, 6.45) is 3.92. The molecule has 18 heavy (non-hydrogen) atoms. The van der Waals surface area contributed by atoms with Crippen molar-refractivity contribution in [2.24, 2.45) is 0 Å². The maximum atomic E-state index is 10.5. The molecule has 0 saturated carbocycles. The van der Waals surface area contributed by atoms with Gasteiger partial charge in [0.2, 0.25) is 0 Å². The van der Waals surface area contributed by atoms with Crippen molar-refractivity contribution in [2.45, 2.75) is 0 Å². The van der Waals surface area contributed by atoms with Gasteiger partial charge in [0.25, 0.3) is 5.69 Å². The number of benzene rings is 2. The Bertz CT molecular complexity index is 574. The fraction of sp³-hybridized carbons (Fsp3) is 0. The Morgan fingerprint density at radius 3 is 1.78 bits per heavy atom. The van der Waals surface area contributed by atoms with E-state index in [0.717, 1.165) is 11.1 Å². The lowest BCUT2D eigenvalue weighted by atomic mass is 10.1. The van der Waals surface area contributed by atoms with Gasteiger partial charge in [-0.25, -0.2) is 0 Å². The highest BCUT2D eigenvalue weighted by molar-refractivity contribution is 14.1. The Kier molecular flexibility index (Phi) is 4.09. The van der Waals surface area contributed by atoms with Gasteiger partial charge in [-0.1, -0.05) is 24.3 Å². The molecular weight excluding hydrogens is 341 g/mol. The molecule has 3 nitrogen and oxygen atoms in total. The van der Waals surface area contributed by atoms with Gasteiger partial charge in [-0.3, -0.25) is 10.1 Å². The van der Waals surface area contributed by atoms with Crippen LogP contribution in [0.5, 0.6) is 0 Å². The number of nitro benzene ring substituents is 1. The molecular formula is C14H10INO2. The van der Waals surface area contributed by atoms with Crippen LogP contribution >= 0.6 is 22.6 Å². The molecule has 0 bridgehead atoms. The molecule has 2 rings (SSSR count). The Morgan fingerprint density at radius 2 is 1.33 bits per heavy atom. The Balaban J connectivity index is 2.13. The Morgan fingerprint density at radius 1 is 0.889 bits per heavy atom. The molecule has 0 unspecified atom stereocenters. The summed E-state index contributed by atoms with van der Waals surface area (Å²) in [5, 5.41) is 10.5. The smallest absolute Gasteiger partial charge is 0.258 e. The lowest BCUT2D eigenvalue weighted by molar-refractivity contribution is -0.384. The second-order valence-corrected chi connectivity index (χ2v) is 4.98. The van der Waals surface area contributed by atoms with Crippen LogP contribution in [0.3, 0.4) is 0 Å². The molecule has 4 heteroatoms. The molecule has 0 heterocycles. The van der Waals surface area contributed by atoms with Crippen LogP contribution in [0.25, 0.3) is 12.2 Å². The third-order valence-corrected chi connectivity index (χ3v) is 3.16. The highest BCUT2D eigenvalue weighted by atomic mass is 127. The molecule has 0 radical (unpaired) electrons. The van der Waals surface area contributed by atoms with Gasteiger partial charge < -0.3 is 0 Å². The third-order valence-electron chi connectivity index (χ3n) is 2.44. The summed E-state index contributed by atoms with van der Waals surface area (Å²) in [6.45, 7) is 0. The molecule has 0 aromatic heterocycles. The first-order chi connectivity index (χ1) is 8.65. The van der Waals surface area contributed by atoms with Crippen LogP contribution in [0.15, 0.2) is 48.5 Å². The lowest BCUT2D eigenvalue weighted by Gasteiger charge is -1.95. The number of non-ortho nitro benzene ring substituents is 1. The van der Waals surface area contributed by atoms with Crippen molar-refractivity contribution in [1.29, 1.82) is 0 Å². The normalized spacial score (nSPS) is 10.7. The van der Waals surface area contributed by atoms with Crippen molar-refractivity contribution in [3.05, 3.63) is 73.3 Å². The van der Waals surface area contributed by atoms with Gasteiger partial charge in [-0.05, 0) is 58.0 Å². The van der Waals surface area contributed by atoms with Crippen LogP contribution in [0.4, 0.5) is 5.69 Å². The standard InChI is InChI=1S/C14H10INO2/c15-13-7-3-11(4-8-13)1-2-12-5-9-14(10-6-12)16(17)18/h1-10H/b2-1+. The number of nitrogens with zero attached hydrogens (tertiary/aromatic N) is 1. The molecule has 0 fully saturated rings. The highest BCUT2D eigenvalue weighted by Gasteiger charge is 2.01. The van der Waals surface area contributed by atoms with Crippen LogP contribution in [0.2, 0.25) is 0 Å². The van der Waals surface area contributed by atoms with E-state index < -0.39 is 4.92 Å². The maximum absolute atomic E-state index is 10.5. The molecule has 90 valence electrons. The highest BCUT2D eigenvalue weighted by Crippen LogP contribution is 2.15. The predicted octanol–water partition coefficient (Wildman–Crippen LogP) is 4.37. The van der Waals surface area contributed by atoms with Crippen LogP contribution < -0.4 is 0 Å². The third kappa shape index (κ3) is 3.40. The SMILES string of the molecule is O=[N+]([O-])c1ccc(/C=C/c2ccc(I)cc2)cc1. The molecule has 2 aromatic rings. The number of nitro groups is 1. The first-order valence-corrected chi connectivity index (χ1v) is 6.41. The molecule has 0 aliphatic rings. The molecule has 0 aliphatic heterocycles. The second-order valence-electron chi connectivity index (χ2n) is 3.73. The van der Waals surface area contributed by atoms with Gasteiger partial charge in [-0.15, -0.1) is 0 Å². The summed E-state index contributed by atoms with van der Waals surface area (Å²) < 4.78 is 1.19. The monoisotopic (exact) mass is 351 g/mol. The van der Waals surface area contributed by atoms with E-state index in [0.29, 0.717) is 0 Å². The first-order valence-electron chi connectivity index (χ1n) is 5.33. The number of halogens is 1. The molecule has 0 N–H and O–H groups in total. The summed E-state index contributed by atoms with van der Waals surface area (Å²) >= 11 is 2.26. The number of hydrogen-bond donors (Lipinski definition) is 0. The van der Waals surface area contributed by atoms with Crippen LogP contribution in [0, 0.1) is 13.7 Å². The van der Waals surface area contributed by atoms with Gasteiger partial charge in [0.1, 0.15) is 0 Å². The average Bonchev–Trinajstić information content (AvgIpc) is 2.38. The first kappa shape index (κ1) is 12.8. The van der Waals surface area contributed by atoms with Crippen molar-refractivity contribution >= 4 is 40.4 Å². The second kappa shape index (κ2) is 5.77. The minimum atomic E-state index is -0.396. The summed E-state index contributed by atoms with van der Waals surface area (Å²) in [5.41, 5.74) is 2.16. The summed E-state index contributed by atoms with van der Waals surface area (Å²) in [4.78, 5) is 10.1. The van der Waals surface area contributed by atoms with E-state index in [1.807, 2.05) is 36.4 Å². The largest absolute Gasteiger partial charge is 0.269 e. The van der Waals surface area contributed by atoms with Crippen molar-refractivity contribution in [3.63, 3.8) is 0 Å². The zero-order chi connectivity index (χ0) is 13.0. The van der Waals surface area contributed by atoms with E-state index in [9.17, 15) is 10.1 Å². The van der Waals surface area contributed by atoms with Crippen LogP contribution in [-0.4, -0.2) is 4.92 Å². The zero-order valence-corrected chi connectivity index (χ0v) is 11.6. The fourth-order valence-corrected chi connectivity index (χ4v) is 1.83. The van der Waals surface area contributed by atoms with E-state index >= 15 is 0 Å². The molecule has 0 aliphatic carbocycles. The summed E-state index contributed by atoms with van der Waals surface area (Å²) in [7, 11) is 0. The molecule has 0 spiro atoms. The average molecular weight is 351 g/mol. The summed E-state index contributed by atoms with van der Waals surface area (Å²) in [5.74, 6) is 0. The van der Waals surface area contributed by atoms with Crippen LogP contribution in [0.1, 0.15) is 11.1 Å². The molecule has 0 amide bonds. The van der Waals surface area contributed by atoms with Gasteiger partial charge >= 0.3 is 0 Å². The Hall–Kier alpha value is -1.69. The van der Waals surface area contributed by atoms with E-state index in [1.165, 1.54) is 15.7 Å². The molecule has 0 saturated heterocycles. The van der Waals surface area contributed by atoms with Crippen molar-refractivity contribution in [1.82, 2.24) is 0 Å². The van der Waals surface area contributed by atoms with Gasteiger partial charge in [0, 0.05) is 15.7 Å². The minimum absolute atomic E-state index is 0.112. The van der Waals surface area contributed by atoms with Gasteiger partial charge in [-0.2, -0.15) is 0 Å². The van der Waals surface area contributed by atoms with Gasteiger partial charge in [0.15, 0.2) is 0 Å². The van der Waals surface area contributed by atoms with Crippen molar-refractivity contribution in [3.8, 4) is 0 Å². The minimum Gasteiger partial charge on any atom is -0.258 e. The maximum Gasteiger partial charge on any atom is 0.269 e. The predicted molar refractivity (Wildman–Crippen MR) is 81.2 cm³/mol. The molecule has 0 atom stereocenters. The number of rotatable bonds is 3. The van der Waals surface area contributed by atoms with E-state index in [1.54, 1.807) is 12.1 Å². The van der Waals surface area contributed by atoms with Crippen molar-refractivity contribution in [2.75, 3.05) is 0 Å².